The molecular weight excluding hydrogens is 304 g/mol. The predicted molar refractivity (Wildman–Crippen MR) is 91.2 cm³/mol. The fraction of sp³-hybridized carbons (Fsp3) is 0.389. The Labute approximate surface area is 139 Å². The molecule has 2 aromatic heterocycles. The van der Waals surface area contributed by atoms with Crippen molar-refractivity contribution in [2.75, 3.05) is 13.2 Å². The van der Waals surface area contributed by atoms with Crippen molar-refractivity contribution in [3.63, 3.8) is 0 Å². The first-order valence-electron chi connectivity index (χ1n) is 8.30. The monoisotopic (exact) mass is 324 g/mol. The second-order valence-corrected chi connectivity index (χ2v) is 6.21. The number of aromatic nitrogens is 4. The van der Waals surface area contributed by atoms with Gasteiger partial charge in [-0.15, -0.1) is 0 Å². The molecule has 3 aromatic rings. The van der Waals surface area contributed by atoms with Crippen LogP contribution in [-0.4, -0.2) is 32.5 Å². The van der Waals surface area contributed by atoms with Crippen molar-refractivity contribution >= 4 is 11.0 Å². The SMILES string of the molecule is Cc1nc2c(cnn2C2CCOCC2)c(=O)n1Cc1ccccc1. The zero-order chi connectivity index (χ0) is 16.5. The summed E-state index contributed by atoms with van der Waals surface area (Å²) in [5.74, 6) is 0.713. The minimum atomic E-state index is -0.0281. The second kappa shape index (κ2) is 6.20. The van der Waals surface area contributed by atoms with Crippen LogP contribution in [0.25, 0.3) is 11.0 Å². The molecule has 0 radical (unpaired) electrons. The highest BCUT2D eigenvalue weighted by Gasteiger charge is 2.21. The molecule has 0 aliphatic carbocycles. The molecule has 3 heterocycles. The average Bonchev–Trinajstić information content (AvgIpc) is 3.04. The van der Waals surface area contributed by atoms with Crippen LogP contribution in [0.2, 0.25) is 0 Å². The number of fused-ring (bicyclic) bond motifs is 1. The Hall–Kier alpha value is -2.47. The van der Waals surface area contributed by atoms with Gasteiger partial charge in [0.2, 0.25) is 0 Å². The maximum absolute atomic E-state index is 12.9. The summed E-state index contributed by atoms with van der Waals surface area (Å²) in [6.45, 7) is 3.87. The van der Waals surface area contributed by atoms with Crippen molar-refractivity contribution in [1.29, 1.82) is 0 Å². The van der Waals surface area contributed by atoms with Gasteiger partial charge in [0.15, 0.2) is 5.65 Å². The lowest BCUT2D eigenvalue weighted by Gasteiger charge is -2.22. The molecule has 24 heavy (non-hydrogen) atoms. The smallest absolute Gasteiger partial charge is 0.264 e. The molecule has 0 amide bonds. The van der Waals surface area contributed by atoms with E-state index in [9.17, 15) is 4.79 Å². The molecule has 1 saturated heterocycles. The number of rotatable bonds is 3. The Bertz CT molecular complexity index is 908. The number of aryl methyl sites for hydroxylation is 1. The van der Waals surface area contributed by atoms with Crippen molar-refractivity contribution < 1.29 is 4.74 Å². The van der Waals surface area contributed by atoms with Gasteiger partial charge in [-0.1, -0.05) is 30.3 Å². The van der Waals surface area contributed by atoms with E-state index in [0.29, 0.717) is 23.4 Å². The first-order valence-corrected chi connectivity index (χ1v) is 8.30. The number of hydrogen-bond acceptors (Lipinski definition) is 4. The van der Waals surface area contributed by atoms with E-state index in [4.69, 9.17) is 9.72 Å². The standard InChI is InChI=1S/C18H20N4O2/c1-13-20-17-16(11-19-22(17)15-7-9-24-10-8-15)18(23)21(13)12-14-5-3-2-4-6-14/h2-6,11,15H,7-10,12H2,1H3. The summed E-state index contributed by atoms with van der Waals surface area (Å²) in [6, 6.07) is 10.2. The molecule has 6 nitrogen and oxygen atoms in total. The Morgan fingerprint density at radius 1 is 1.21 bits per heavy atom. The fourth-order valence-corrected chi connectivity index (χ4v) is 3.27. The summed E-state index contributed by atoms with van der Waals surface area (Å²) in [7, 11) is 0. The molecule has 0 atom stereocenters. The molecule has 0 spiro atoms. The van der Waals surface area contributed by atoms with E-state index in [1.807, 2.05) is 41.9 Å². The lowest BCUT2D eigenvalue weighted by Crippen LogP contribution is -2.25. The van der Waals surface area contributed by atoms with Crippen molar-refractivity contribution in [2.24, 2.45) is 0 Å². The average molecular weight is 324 g/mol. The van der Waals surface area contributed by atoms with Crippen molar-refractivity contribution in [2.45, 2.75) is 32.4 Å². The number of benzene rings is 1. The van der Waals surface area contributed by atoms with Crippen LogP contribution in [0.3, 0.4) is 0 Å². The van der Waals surface area contributed by atoms with Crippen LogP contribution in [0.5, 0.6) is 0 Å². The van der Waals surface area contributed by atoms with Crippen LogP contribution in [0.15, 0.2) is 41.3 Å². The van der Waals surface area contributed by atoms with Gasteiger partial charge in [-0.05, 0) is 25.3 Å². The fourth-order valence-electron chi connectivity index (χ4n) is 3.27. The van der Waals surface area contributed by atoms with E-state index in [1.165, 1.54) is 0 Å². The summed E-state index contributed by atoms with van der Waals surface area (Å²) < 4.78 is 9.03. The molecule has 6 heteroatoms. The van der Waals surface area contributed by atoms with Gasteiger partial charge in [-0.3, -0.25) is 9.36 Å². The molecule has 0 N–H and O–H groups in total. The van der Waals surface area contributed by atoms with Gasteiger partial charge in [0, 0.05) is 13.2 Å². The van der Waals surface area contributed by atoms with Gasteiger partial charge in [0.05, 0.1) is 18.8 Å². The van der Waals surface area contributed by atoms with E-state index < -0.39 is 0 Å². The van der Waals surface area contributed by atoms with Crippen LogP contribution < -0.4 is 5.56 Å². The first kappa shape index (κ1) is 15.1. The van der Waals surface area contributed by atoms with E-state index >= 15 is 0 Å². The molecule has 124 valence electrons. The molecule has 1 aliphatic rings. The third-order valence-electron chi connectivity index (χ3n) is 4.62. The Morgan fingerprint density at radius 2 is 1.96 bits per heavy atom. The maximum atomic E-state index is 12.9. The second-order valence-electron chi connectivity index (χ2n) is 6.21. The molecule has 1 fully saturated rings. The minimum absolute atomic E-state index is 0.0281. The molecular formula is C18H20N4O2. The normalized spacial score (nSPS) is 15.9. The molecule has 1 aliphatic heterocycles. The number of hydrogen-bond donors (Lipinski definition) is 0. The van der Waals surface area contributed by atoms with Crippen LogP contribution in [0, 0.1) is 6.92 Å². The van der Waals surface area contributed by atoms with Gasteiger partial charge in [-0.25, -0.2) is 9.67 Å². The van der Waals surface area contributed by atoms with Crippen molar-refractivity contribution in [1.82, 2.24) is 19.3 Å². The first-order chi connectivity index (χ1) is 11.7. The lowest BCUT2D eigenvalue weighted by molar-refractivity contribution is 0.0673. The third-order valence-corrected chi connectivity index (χ3v) is 4.62. The lowest BCUT2D eigenvalue weighted by atomic mass is 10.1. The Kier molecular flexibility index (Phi) is 3.90. The predicted octanol–water partition coefficient (Wildman–Crippen LogP) is 2.30. The Morgan fingerprint density at radius 3 is 2.71 bits per heavy atom. The molecule has 0 bridgehead atoms. The van der Waals surface area contributed by atoms with Gasteiger partial charge in [-0.2, -0.15) is 5.10 Å². The van der Waals surface area contributed by atoms with Crippen LogP contribution in [0.4, 0.5) is 0 Å². The molecule has 0 unspecified atom stereocenters. The van der Waals surface area contributed by atoms with Crippen LogP contribution in [-0.2, 0) is 11.3 Å². The summed E-state index contributed by atoms with van der Waals surface area (Å²) in [5.41, 5.74) is 1.74. The molecule has 1 aromatic carbocycles. The topological polar surface area (TPSA) is 61.9 Å². The van der Waals surface area contributed by atoms with E-state index in [-0.39, 0.29) is 11.6 Å². The largest absolute Gasteiger partial charge is 0.381 e. The maximum Gasteiger partial charge on any atom is 0.264 e. The van der Waals surface area contributed by atoms with Crippen molar-refractivity contribution in [3.8, 4) is 0 Å². The third kappa shape index (κ3) is 2.63. The van der Waals surface area contributed by atoms with Gasteiger partial charge in [0.25, 0.3) is 5.56 Å². The highest BCUT2D eigenvalue weighted by molar-refractivity contribution is 5.73. The molecule has 0 saturated carbocycles. The summed E-state index contributed by atoms with van der Waals surface area (Å²) in [5, 5.41) is 5.04. The summed E-state index contributed by atoms with van der Waals surface area (Å²) in [6.07, 6.45) is 3.47. The summed E-state index contributed by atoms with van der Waals surface area (Å²) >= 11 is 0. The zero-order valence-electron chi connectivity index (χ0n) is 13.7. The van der Waals surface area contributed by atoms with Gasteiger partial charge >= 0.3 is 0 Å². The number of nitrogens with zero attached hydrogens (tertiary/aromatic N) is 4. The minimum Gasteiger partial charge on any atom is -0.381 e. The van der Waals surface area contributed by atoms with Gasteiger partial charge in [0.1, 0.15) is 11.2 Å². The Balaban J connectivity index is 1.77. The summed E-state index contributed by atoms with van der Waals surface area (Å²) in [4.78, 5) is 17.6. The highest BCUT2D eigenvalue weighted by Crippen LogP contribution is 2.23. The quantitative estimate of drug-likeness (QED) is 0.742. The zero-order valence-corrected chi connectivity index (χ0v) is 13.7. The van der Waals surface area contributed by atoms with Crippen LogP contribution >= 0.6 is 0 Å². The van der Waals surface area contributed by atoms with E-state index in [2.05, 4.69) is 5.10 Å². The van der Waals surface area contributed by atoms with E-state index in [1.54, 1.807) is 10.8 Å². The number of ether oxygens (including phenoxy) is 1. The highest BCUT2D eigenvalue weighted by atomic mass is 16.5. The van der Waals surface area contributed by atoms with Gasteiger partial charge < -0.3 is 4.74 Å². The molecule has 4 rings (SSSR count). The van der Waals surface area contributed by atoms with E-state index in [0.717, 1.165) is 31.6 Å². The van der Waals surface area contributed by atoms with Crippen LogP contribution in [0.1, 0.15) is 30.3 Å². The van der Waals surface area contributed by atoms with Crippen molar-refractivity contribution in [3.05, 3.63) is 58.3 Å².